The average molecular weight is 440 g/mol. The van der Waals surface area contributed by atoms with Gasteiger partial charge in [-0.25, -0.2) is 8.42 Å². The van der Waals surface area contributed by atoms with E-state index in [0.29, 0.717) is 15.9 Å². The van der Waals surface area contributed by atoms with Crippen LogP contribution in [0.25, 0.3) is 10.9 Å². The van der Waals surface area contributed by atoms with Crippen LogP contribution in [0.15, 0.2) is 88.7 Å². The molecule has 4 aromatic rings. The number of aromatic nitrogens is 1. The fourth-order valence-corrected chi connectivity index (χ4v) is 5.20. The molecule has 4 rings (SSSR count). The van der Waals surface area contributed by atoms with Crippen LogP contribution in [0.2, 0.25) is 5.02 Å². The summed E-state index contributed by atoms with van der Waals surface area (Å²) >= 11 is 5.24. The monoisotopic (exact) mass is 439 g/mol. The van der Waals surface area contributed by atoms with Gasteiger partial charge >= 0.3 is 0 Å². The minimum Gasteiger partial charge on any atom is -0.349 e. The number of rotatable bonds is 5. The number of benzene rings is 3. The first kappa shape index (κ1) is 20.2. The lowest BCUT2D eigenvalue weighted by molar-refractivity contribution is -0.288. The SMILES string of the molecule is C[C@@H](NC(=O)c1[nH]c2ccc([ClH+])cc2c1S(=O)(=O)c1ccccc1)c1ccccc1. The molecule has 5 nitrogen and oxygen atoms in total. The van der Waals surface area contributed by atoms with E-state index in [1.807, 2.05) is 37.3 Å². The minimum absolute atomic E-state index is 0.00256. The van der Waals surface area contributed by atoms with Crippen molar-refractivity contribution >= 4 is 26.6 Å². The third kappa shape index (κ3) is 3.72. The quantitative estimate of drug-likeness (QED) is 0.489. The van der Waals surface area contributed by atoms with Crippen molar-refractivity contribution in [2.45, 2.75) is 22.8 Å². The number of carbonyl (C=O) groups excluding carboxylic acids is 1. The standard InChI is InChI=1S/C23H19ClN2O3S/c1-15(16-8-4-2-5-9-16)25-23(27)21-22(19-14-17(24)12-13-20(19)26-21)30(28,29)18-10-6-3-7-11-18/h2-15,24H,1H3,(H-,25,26,27)/p+1/t15-/m1/s1. The van der Waals surface area contributed by atoms with Crippen LogP contribution in [-0.4, -0.2) is 19.3 Å². The minimum atomic E-state index is -3.95. The zero-order valence-corrected chi connectivity index (χ0v) is 17.8. The molecule has 1 aromatic heterocycles. The maximum atomic E-state index is 13.5. The van der Waals surface area contributed by atoms with Crippen LogP contribution in [0.1, 0.15) is 29.0 Å². The third-order valence-corrected chi connectivity index (χ3v) is 7.03. The number of nitrogens with one attached hydrogen (secondary N) is 2. The molecular formula is C23H20ClN2O3S+. The average Bonchev–Trinajstić information content (AvgIpc) is 3.14. The van der Waals surface area contributed by atoms with Crippen LogP contribution >= 0.6 is 0 Å². The Bertz CT molecular complexity index is 1320. The Labute approximate surface area is 179 Å². The summed E-state index contributed by atoms with van der Waals surface area (Å²) in [6.45, 7) is 1.85. The number of hydrogen-bond acceptors (Lipinski definition) is 3. The highest BCUT2D eigenvalue weighted by atomic mass is 35.5. The van der Waals surface area contributed by atoms with Crippen molar-refractivity contribution in [1.29, 1.82) is 0 Å². The molecule has 0 saturated carbocycles. The predicted molar refractivity (Wildman–Crippen MR) is 113 cm³/mol. The molecule has 0 aliphatic rings. The number of aromatic amines is 1. The molecule has 1 atom stereocenters. The van der Waals surface area contributed by atoms with Crippen molar-refractivity contribution in [1.82, 2.24) is 10.3 Å². The van der Waals surface area contributed by atoms with E-state index in [9.17, 15) is 13.2 Å². The van der Waals surface area contributed by atoms with Crippen LogP contribution in [0.5, 0.6) is 0 Å². The number of halogens is 1. The summed E-state index contributed by atoms with van der Waals surface area (Å²) in [6, 6.07) is 22.2. The molecule has 7 heteroatoms. The first-order chi connectivity index (χ1) is 14.4. The molecule has 3 aromatic carbocycles. The molecule has 0 radical (unpaired) electrons. The second-order valence-corrected chi connectivity index (χ2v) is 9.32. The largest absolute Gasteiger partial charge is 0.349 e. The summed E-state index contributed by atoms with van der Waals surface area (Å²) in [5.41, 5.74) is 1.45. The Hall–Kier alpha value is -3.09. The molecule has 0 unspecified atom stereocenters. The number of amides is 1. The molecule has 2 N–H and O–H groups in total. The second-order valence-electron chi connectivity index (χ2n) is 6.96. The van der Waals surface area contributed by atoms with E-state index >= 15 is 0 Å². The Morgan fingerprint density at radius 1 is 0.967 bits per heavy atom. The Balaban J connectivity index is 1.84. The van der Waals surface area contributed by atoms with Gasteiger partial charge in [0.1, 0.15) is 10.6 Å². The van der Waals surface area contributed by atoms with E-state index in [1.165, 1.54) is 12.1 Å². The van der Waals surface area contributed by atoms with Crippen molar-refractivity contribution in [2.75, 3.05) is 0 Å². The van der Waals surface area contributed by atoms with Gasteiger partial charge in [0.25, 0.3) is 5.91 Å². The van der Waals surface area contributed by atoms with Gasteiger partial charge in [0.15, 0.2) is 11.6 Å². The molecular weight excluding hydrogens is 420 g/mol. The van der Waals surface area contributed by atoms with Crippen LogP contribution in [0.3, 0.4) is 0 Å². The third-order valence-electron chi connectivity index (χ3n) is 4.92. The Morgan fingerprint density at radius 3 is 2.27 bits per heavy atom. The van der Waals surface area contributed by atoms with Crippen LogP contribution < -0.4 is 5.32 Å². The highest BCUT2D eigenvalue weighted by Gasteiger charge is 2.30. The van der Waals surface area contributed by atoms with E-state index < -0.39 is 15.7 Å². The topological polar surface area (TPSA) is 79.0 Å². The van der Waals surface area contributed by atoms with Crippen molar-refractivity contribution in [2.24, 2.45) is 0 Å². The van der Waals surface area contributed by atoms with E-state index in [4.69, 9.17) is 11.6 Å². The van der Waals surface area contributed by atoms with E-state index in [0.717, 1.165) is 5.56 Å². The van der Waals surface area contributed by atoms with Crippen LogP contribution in [0, 0.1) is 11.6 Å². The van der Waals surface area contributed by atoms with Crippen molar-refractivity contribution in [3.63, 3.8) is 0 Å². The summed E-state index contributed by atoms with van der Waals surface area (Å²) in [5.74, 6) is -0.497. The molecule has 1 heterocycles. The number of carbonyl (C=O) groups is 1. The molecule has 0 aliphatic carbocycles. The fourth-order valence-electron chi connectivity index (χ4n) is 3.40. The molecule has 1 amide bonds. The van der Waals surface area contributed by atoms with Gasteiger partial charge < -0.3 is 10.3 Å². The summed E-state index contributed by atoms with van der Waals surface area (Å²) < 4.78 is 26.9. The van der Waals surface area contributed by atoms with Gasteiger partial charge in [0.2, 0.25) is 14.9 Å². The van der Waals surface area contributed by atoms with E-state index in [1.54, 1.807) is 36.4 Å². The Morgan fingerprint density at radius 2 is 1.60 bits per heavy atom. The van der Waals surface area contributed by atoms with Gasteiger partial charge in [-0.1, -0.05) is 48.5 Å². The predicted octanol–water partition coefficient (Wildman–Crippen LogP) is 4.19. The zero-order chi connectivity index (χ0) is 21.3. The van der Waals surface area contributed by atoms with E-state index in [2.05, 4.69) is 10.3 Å². The summed E-state index contributed by atoms with van der Waals surface area (Å²) in [4.78, 5) is 16.2. The van der Waals surface area contributed by atoms with Gasteiger partial charge in [0.05, 0.1) is 10.9 Å². The van der Waals surface area contributed by atoms with Gasteiger partial charge in [-0.3, -0.25) is 4.79 Å². The molecule has 0 spiro atoms. The van der Waals surface area contributed by atoms with Gasteiger partial charge in [-0.2, -0.15) is 0 Å². The van der Waals surface area contributed by atoms with Gasteiger partial charge in [0, 0.05) is 23.0 Å². The zero-order valence-electron chi connectivity index (χ0n) is 16.1. The van der Waals surface area contributed by atoms with Gasteiger partial charge in [-0.15, -0.1) is 0 Å². The normalized spacial score (nSPS) is 12.6. The Kier molecular flexibility index (Phi) is 5.37. The molecule has 30 heavy (non-hydrogen) atoms. The summed E-state index contributed by atoms with van der Waals surface area (Å²) in [6.07, 6.45) is 0. The number of H-pyrrole nitrogens is 1. The van der Waals surface area contributed by atoms with E-state index in [-0.39, 0.29) is 21.5 Å². The van der Waals surface area contributed by atoms with Crippen molar-refractivity contribution in [3.05, 3.63) is 95.1 Å². The van der Waals surface area contributed by atoms with Crippen molar-refractivity contribution < 1.29 is 24.8 Å². The first-order valence-electron chi connectivity index (χ1n) is 9.36. The number of sulfone groups is 1. The lowest BCUT2D eigenvalue weighted by Crippen LogP contribution is -2.28. The maximum absolute atomic E-state index is 13.5. The van der Waals surface area contributed by atoms with Crippen molar-refractivity contribution in [3.8, 4) is 0 Å². The lowest BCUT2D eigenvalue weighted by Gasteiger charge is -2.14. The van der Waals surface area contributed by atoms with Crippen LogP contribution in [-0.2, 0) is 9.84 Å². The molecule has 0 bridgehead atoms. The molecule has 0 fully saturated rings. The lowest BCUT2D eigenvalue weighted by atomic mass is 10.1. The molecule has 0 aliphatic heterocycles. The van der Waals surface area contributed by atoms with Crippen LogP contribution in [0.4, 0.5) is 0 Å². The maximum Gasteiger partial charge on any atom is 0.269 e. The van der Waals surface area contributed by atoms with Gasteiger partial charge in [-0.05, 0) is 30.7 Å². The fraction of sp³-hybridized carbons (Fsp3) is 0.0870. The first-order valence-corrected chi connectivity index (χ1v) is 11.3. The second kappa shape index (κ2) is 7.97. The smallest absolute Gasteiger partial charge is 0.269 e. The highest BCUT2D eigenvalue weighted by molar-refractivity contribution is 7.91. The molecule has 152 valence electrons. The number of hydrogen-bond donors (Lipinski definition) is 2. The number of fused-ring (bicyclic) bond motifs is 1. The summed E-state index contributed by atoms with van der Waals surface area (Å²) in [7, 11) is -3.95. The summed E-state index contributed by atoms with van der Waals surface area (Å²) in [5, 5.41) is 3.79. The molecule has 0 saturated heterocycles. The highest BCUT2D eigenvalue weighted by Crippen LogP contribution is 2.33.